The summed E-state index contributed by atoms with van der Waals surface area (Å²) in [6.45, 7) is 6.47. The molecule has 11 heteroatoms. The van der Waals surface area contributed by atoms with E-state index in [1.54, 1.807) is 18.5 Å². The summed E-state index contributed by atoms with van der Waals surface area (Å²) in [7, 11) is 1.49. The molecule has 29 heavy (non-hydrogen) atoms. The van der Waals surface area contributed by atoms with Gasteiger partial charge in [0, 0.05) is 64.5 Å². The molecule has 1 fully saturated rings. The molecule has 3 heterocycles. The first-order valence-electron chi connectivity index (χ1n) is 9.42. The van der Waals surface area contributed by atoms with Crippen molar-refractivity contribution in [3.05, 3.63) is 41.9 Å². The number of pyridine rings is 1. The van der Waals surface area contributed by atoms with Crippen LogP contribution < -0.4 is 19.7 Å². The van der Waals surface area contributed by atoms with E-state index in [1.807, 2.05) is 17.9 Å². The summed E-state index contributed by atoms with van der Waals surface area (Å²) < 4.78 is 20.6. The van der Waals surface area contributed by atoms with Gasteiger partial charge >= 0.3 is 0 Å². The zero-order valence-electron chi connectivity index (χ0n) is 16.5. The highest BCUT2D eigenvalue weighted by atomic mass is 32.2. The number of anilines is 2. The van der Waals surface area contributed by atoms with Crippen molar-refractivity contribution in [1.29, 1.82) is 0 Å². The van der Waals surface area contributed by atoms with Crippen molar-refractivity contribution in [2.75, 3.05) is 49.4 Å². The van der Waals surface area contributed by atoms with Crippen LogP contribution in [-0.2, 0) is 6.54 Å². The standard InChI is InChI=1S/C18H25FN8OS/c1-3-23-29-25-16-10-13(21-12-22-16)11-26-6-8-27(9-7-26)15-5-4-14(18(28)20-2)24-17(15)19/h4-5,10,12,23H,3,6-9,11H2,1-2H3,(H,20,28)(H,21,22,25). The number of nitrogens with zero attached hydrogens (tertiary/aromatic N) is 5. The number of aromatic nitrogens is 3. The number of carbonyl (C=O) groups excluding carboxylic acids is 1. The molecule has 1 aliphatic heterocycles. The summed E-state index contributed by atoms with van der Waals surface area (Å²) in [5, 5.41) is 2.45. The second-order valence-electron chi connectivity index (χ2n) is 6.45. The van der Waals surface area contributed by atoms with E-state index in [0.29, 0.717) is 25.3 Å². The van der Waals surface area contributed by atoms with E-state index in [-0.39, 0.29) is 5.69 Å². The van der Waals surface area contributed by atoms with Crippen LogP contribution in [0.4, 0.5) is 15.9 Å². The molecule has 156 valence electrons. The van der Waals surface area contributed by atoms with Gasteiger partial charge in [0.2, 0.25) is 5.95 Å². The van der Waals surface area contributed by atoms with Gasteiger partial charge in [-0.05, 0) is 12.1 Å². The second-order valence-corrected chi connectivity index (χ2v) is 7.14. The molecule has 9 nitrogen and oxygen atoms in total. The summed E-state index contributed by atoms with van der Waals surface area (Å²) in [6.07, 6.45) is 1.55. The Hall–Kier alpha value is -2.50. The Balaban J connectivity index is 1.54. The van der Waals surface area contributed by atoms with Gasteiger partial charge in [0.15, 0.2) is 0 Å². The molecule has 3 N–H and O–H groups in total. The van der Waals surface area contributed by atoms with E-state index in [4.69, 9.17) is 0 Å². The molecule has 0 bridgehead atoms. The molecule has 2 aromatic heterocycles. The lowest BCUT2D eigenvalue weighted by Crippen LogP contribution is -2.46. The Morgan fingerprint density at radius 1 is 1.24 bits per heavy atom. The third-order valence-corrected chi connectivity index (χ3v) is 5.23. The molecule has 0 atom stereocenters. The molecule has 1 aliphatic rings. The molecular formula is C18H25FN8OS. The average molecular weight is 421 g/mol. The first kappa shape index (κ1) is 21.2. The van der Waals surface area contributed by atoms with E-state index in [2.05, 4.69) is 34.6 Å². The van der Waals surface area contributed by atoms with Crippen molar-refractivity contribution < 1.29 is 9.18 Å². The van der Waals surface area contributed by atoms with E-state index in [0.717, 1.165) is 31.1 Å². The van der Waals surface area contributed by atoms with Gasteiger partial charge in [-0.2, -0.15) is 4.39 Å². The van der Waals surface area contributed by atoms with Crippen molar-refractivity contribution in [2.45, 2.75) is 13.5 Å². The molecule has 3 rings (SSSR count). The molecular weight excluding hydrogens is 395 g/mol. The normalized spacial score (nSPS) is 14.7. The SMILES string of the molecule is CCNSNc1cc(CN2CCN(c3ccc(C(=O)NC)nc3F)CC2)ncn1. The highest BCUT2D eigenvalue weighted by Gasteiger charge is 2.21. The average Bonchev–Trinajstić information content (AvgIpc) is 2.74. The summed E-state index contributed by atoms with van der Waals surface area (Å²) in [5.74, 6) is -0.268. The van der Waals surface area contributed by atoms with Crippen LogP contribution in [0.2, 0.25) is 0 Å². The van der Waals surface area contributed by atoms with Crippen LogP contribution in [-0.4, -0.2) is 65.5 Å². The zero-order valence-corrected chi connectivity index (χ0v) is 17.3. The number of hydrogen-bond acceptors (Lipinski definition) is 9. The Labute approximate surface area is 173 Å². The van der Waals surface area contributed by atoms with Crippen LogP contribution in [0.3, 0.4) is 0 Å². The molecule has 0 unspecified atom stereocenters. The monoisotopic (exact) mass is 420 g/mol. The van der Waals surface area contributed by atoms with E-state index in [1.165, 1.54) is 19.2 Å². The Morgan fingerprint density at radius 2 is 2.03 bits per heavy atom. The van der Waals surface area contributed by atoms with Crippen LogP contribution in [0.1, 0.15) is 23.1 Å². The molecule has 0 aromatic carbocycles. The summed E-state index contributed by atoms with van der Waals surface area (Å²) in [6, 6.07) is 5.09. The largest absolute Gasteiger partial charge is 0.365 e. The molecule has 0 radical (unpaired) electrons. The summed E-state index contributed by atoms with van der Waals surface area (Å²) >= 11 is 1.39. The molecule has 0 saturated carbocycles. The minimum atomic E-state index is -0.621. The third kappa shape index (κ3) is 5.75. The van der Waals surface area contributed by atoms with Gasteiger partial charge in [-0.1, -0.05) is 6.92 Å². The van der Waals surface area contributed by atoms with Crippen LogP contribution in [0, 0.1) is 5.95 Å². The van der Waals surface area contributed by atoms with Gasteiger partial charge in [-0.15, -0.1) is 0 Å². The minimum absolute atomic E-state index is 0.0767. The Kier molecular flexibility index (Phi) is 7.55. The third-order valence-electron chi connectivity index (χ3n) is 4.48. The maximum Gasteiger partial charge on any atom is 0.269 e. The predicted octanol–water partition coefficient (Wildman–Crippen LogP) is 1.28. The molecule has 0 aliphatic carbocycles. The first-order valence-corrected chi connectivity index (χ1v) is 10.2. The van der Waals surface area contributed by atoms with Gasteiger partial charge in [0.05, 0.1) is 11.4 Å². The van der Waals surface area contributed by atoms with Crippen molar-refractivity contribution in [2.24, 2.45) is 0 Å². The van der Waals surface area contributed by atoms with Gasteiger partial charge in [0.1, 0.15) is 17.8 Å². The Bertz CT molecular complexity index is 831. The van der Waals surface area contributed by atoms with Crippen LogP contribution >= 0.6 is 12.1 Å². The number of nitrogens with one attached hydrogen (secondary N) is 3. The highest BCUT2D eigenvalue weighted by Crippen LogP contribution is 2.20. The number of carbonyl (C=O) groups is 1. The molecule has 1 amide bonds. The van der Waals surface area contributed by atoms with E-state index >= 15 is 0 Å². The molecule has 0 spiro atoms. The molecule has 1 saturated heterocycles. The maximum atomic E-state index is 14.4. The predicted molar refractivity (Wildman–Crippen MR) is 112 cm³/mol. The fourth-order valence-electron chi connectivity index (χ4n) is 2.99. The lowest BCUT2D eigenvalue weighted by atomic mass is 10.2. The van der Waals surface area contributed by atoms with Crippen LogP contribution in [0.25, 0.3) is 0 Å². The number of amides is 1. The number of rotatable bonds is 8. The topological polar surface area (TPSA) is 98.3 Å². The van der Waals surface area contributed by atoms with Crippen LogP contribution in [0.15, 0.2) is 24.5 Å². The number of piperazine rings is 1. The van der Waals surface area contributed by atoms with Gasteiger partial charge < -0.3 is 14.9 Å². The first-order chi connectivity index (χ1) is 14.1. The number of halogens is 1. The summed E-state index contributed by atoms with van der Waals surface area (Å²) in [5.41, 5.74) is 1.43. The van der Waals surface area contributed by atoms with Crippen molar-refractivity contribution >= 4 is 29.5 Å². The lowest BCUT2D eigenvalue weighted by molar-refractivity contribution is 0.0957. The fourth-order valence-corrected chi connectivity index (χ4v) is 3.43. The second kappa shape index (κ2) is 10.3. The maximum absolute atomic E-state index is 14.4. The smallest absolute Gasteiger partial charge is 0.269 e. The van der Waals surface area contributed by atoms with Crippen molar-refractivity contribution in [3.63, 3.8) is 0 Å². The van der Waals surface area contributed by atoms with E-state index in [9.17, 15) is 9.18 Å². The minimum Gasteiger partial charge on any atom is -0.365 e. The van der Waals surface area contributed by atoms with Gasteiger partial charge in [-0.25, -0.2) is 19.7 Å². The zero-order chi connectivity index (χ0) is 20.6. The van der Waals surface area contributed by atoms with Gasteiger partial charge in [-0.3, -0.25) is 9.69 Å². The highest BCUT2D eigenvalue weighted by molar-refractivity contribution is 7.98. The van der Waals surface area contributed by atoms with E-state index < -0.39 is 11.9 Å². The van der Waals surface area contributed by atoms with Crippen molar-refractivity contribution in [3.8, 4) is 0 Å². The van der Waals surface area contributed by atoms with Crippen molar-refractivity contribution in [1.82, 2.24) is 29.9 Å². The quantitative estimate of drug-likeness (QED) is 0.331. The Morgan fingerprint density at radius 3 is 2.72 bits per heavy atom. The van der Waals surface area contributed by atoms with Gasteiger partial charge in [0.25, 0.3) is 5.91 Å². The lowest BCUT2D eigenvalue weighted by Gasteiger charge is -2.35. The van der Waals surface area contributed by atoms with Crippen LogP contribution in [0.5, 0.6) is 0 Å². The molecule has 2 aromatic rings. The number of hydrogen-bond donors (Lipinski definition) is 3. The fraction of sp³-hybridized carbons (Fsp3) is 0.444. The summed E-state index contributed by atoms with van der Waals surface area (Å²) in [4.78, 5) is 28.1.